The van der Waals surface area contributed by atoms with Gasteiger partial charge in [-0.15, -0.1) is 0 Å². The maximum absolute atomic E-state index is 12.9. The Bertz CT molecular complexity index is 910. The molecular formula is C24H28ClNO5. The van der Waals surface area contributed by atoms with E-state index in [1.807, 2.05) is 26.8 Å². The van der Waals surface area contributed by atoms with Crippen LogP contribution in [0, 0.1) is 0 Å². The fraction of sp³-hybridized carbons (Fsp3) is 0.333. The molecule has 0 aromatic heterocycles. The van der Waals surface area contributed by atoms with Crippen molar-refractivity contribution in [3.05, 3.63) is 64.7 Å². The smallest absolute Gasteiger partial charge is 0.331 e. The number of halogens is 1. The number of rotatable bonds is 10. The van der Waals surface area contributed by atoms with Gasteiger partial charge in [0.1, 0.15) is 0 Å². The van der Waals surface area contributed by atoms with Gasteiger partial charge in [-0.25, -0.2) is 4.79 Å². The molecule has 1 atom stereocenters. The Labute approximate surface area is 188 Å². The minimum absolute atomic E-state index is 0.260. The molecule has 0 N–H and O–H groups in total. The summed E-state index contributed by atoms with van der Waals surface area (Å²) in [7, 11) is 1.51. The molecular weight excluding hydrogens is 418 g/mol. The first kappa shape index (κ1) is 24.3. The molecule has 31 heavy (non-hydrogen) atoms. The summed E-state index contributed by atoms with van der Waals surface area (Å²) in [6.45, 7) is 7.11. The van der Waals surface area contributed by atoms with Crippen molar-refractivity contribution in [1.82, 2.24) is 4.90 Å². The van der Waals surface area contributed by atoms with Crippen LogP contribution in [0.25, 0.3) is 6.08 Å². The van der Waals surface area contributed by atoms with Gasteiger partial charge >= 0.3 is 5.97 Å². The third-order valence-corrected chi connectivity index (χ3v) is 4.86. The highest BCUT2D eigenvalue weighted by atomic mass is 35.5. The lowest BCUT2D eigenvalue weighted by molar-refractivity contribution is -0.157. The Morgan fingerprint density at radius 2 is 1.77 bits per heavy atom. The van der Waals surface area contributed by atoms with Gasteiger partial charge in [-0.2, -0.15) is 0 Å². The molecule has 0 bridgehead atoms. The summed E-state index contributed by atoms with van der Waals surface area (Å²) in [5, 5.41) is 0.361. The molecule has 0 aliphatic rings. The fourth-order valence-electron chi connectivity index (χ4n) is 3.05. The lowest BCUT2D eigenvalue weighted by Crippen LogP contribution is -2.36. The summed E-state index contributed by atoms with van der Waals surface area (Å²) in [4.78, 5) is 27.1. The Morgan fingerprint density at radius 1 is 1.10 bits per heavy atom. The monoisotopic (exact) mass is 445 g/mol. The summed E-state index contributed by atoms with van der Waals surface area (Å²) < 4.78 is 16.4. The topological polar surface area (TPSA) is 65.1 Å². The number of carbonyl (C=O) groups excluding carboxylic acids is 2. The molecule has 6 nitrogen and oxygen atoms in total. The van der Waals surface area contributed by atoms with Crippen LogP contribution in [0.3, 0.4) is 0 Å². The average Bonchev–Trinajstić information content (AvgIpc) is 2.77. The first-order valence-corrected chi connectivity index (χ1v) is 10.6. The highest BCUT2D eigenvalue weighted by Crippen LogP contribution is 2.36. The predicted molar refractivity (Wildman–Crippen MR) is 121 cm³/mol. The number of ether oxygens (including phenoxy) is 3. The Balaban J connectivity index is 2.24. The number of hydrogen-bond donors (Lipinski definition) is 0. The van der Waals surface area contributed by atoms with E-state index in [2.05, 4.69) is 0 Å². The van der Waals surface area contributed by atoms with Gasteiger partial charge in [-0.1, -0.05) is 41.9 Å². The van der Waals surface area contributed by atoms with Gasteiger partial charge in [-0.3, -0.25) is 4.79 Å². The molecule has 0 spiro atoms. The molecule has 0 aliphatic carbocycles. The normalized spacial score (nSPS) is 11.8. The van der Waals surface area contributed by atoms with Gasteiger partial charge in [0.25, 0.3) is 5.91 Å². The van der Waals surface area contributed by atoms with Gasteiger partial charge in [0.2, 0.25) is 6.10 Å². The number of hydrogen-bond acceptors (Lipinski definition) is 5. The van der Waals surface area contributed by atoms with E-state index in [4.69, 9.17) is 25.8 Å². The van der Waals surface area contributed by atoms with Crippen LogP contribution < -0.4 is 9.47 Å². The van der Waals surface area contributed by atoms with Crippen molar-refractivity contribution in [2.24, 2.45) is 0 Å². The minimum Gasteiger partial charge on any atom is -0.491 e. The zero-order valence-electron chi connectivity index (χ0n) is 18.3. The number of likely N-dealkylation sites (N-methyl/N-ethyl adjacent to an activating group) is 1. The lowest BCUT2D eigenvalue weighted by Gasteiger charge is -2.25. The van der Waals surface area contributed by atoms with Crippen LogP contribution >= 0.6 is 11.6 Å². The third kappa shape index (κ3) is 6.49. The number of esters is 1. The summed E-state index contributed by atoms with van der Waals surface area (Å²) in [5.41, 5.74) is 1.25. The van der Waals surface area contributed by atoms with E-state index in [0.29, 0.717) is 47.3 Å². The van der Waals surface area contributed by atoms with Crippen LogP contribution in [0.15, 0.2) is 48.5 Å². The first-order valence-electron chi connectivity index (χ1n) is 10.2. The van der Waals surface area contributed by atoms with Crippen LogP contribution in [0.2, 0.25) is 5.02 Å². The molecule has 0 saturated heterocycles. The summed E-state index contributed by atoms with van der Waals surface area (Å²) >= 11 is 6.25. The van der Waals surface area contributed by atoms with Gasteiger partial charge in [0, 0.05) is 24.7 Å². The minimum atomic E-state index is -1.02. The number of methoxy groups -OCH3 is 1. The molecule has 166 valence electrons. The maximum Gasteiger partial charge on any atom is 0.331 e. The summed E-state index contributed by atoms with van der Waals surface area (Å²) in [5.74, 6) is 0.00456. The zero-order valence-corrected chi connectivity index (χ0v) is 19.0. The van der Waals surface area contributed by atoms with Crippen LogP contribution in [0.5, 0.6) is 11.5 Å². The summed E-state index contributed by atoms with van der Waals surface area (Å²) in [6, 6.07) is 12.3. The first-order chi connectivity index (χ1) is 14.9. The van der Waals surface area contributed by atoms with Gasteiger partial charge in [0.15, 0.2) is 11.5 Å². The van der Waals surface area contributed by atoms with E-state index >= 15 is 0 Å². The van der Waals surface area contributed by atoms with Crippen LogP contribution in [-0.2, 0) is 14.3 Å². The van der Waals surface area contributed by atoms with E-state index in [0.717, 1.165) is 0 Å². The van der Waals surface area contributed by atoms with Gasteiger partial charge in [0.05, 0.1) is 18.7 Å². The molecule has 0 fully saturated rings. The van der Waals surface area contributed by atoms with E-state index in [1.165, 1.54) is 13.2 Å². The highest BCUT2D eigenvalue weighted by Gasteiger charge is 2.27. The van der Waals surface area contributed by atoms with E-state index in [9.17, 15) is 9.59 Å². The molecule has 0 aliphatic heterocycles. The highest BCUT2D eigenvalue weighted by molar-refractivity contribution is 6.32. The van der Waals surface area contributed by atoms with Crippen molar-refractivity contribution in [1.29, 1.82) is 0 Å². The molecule has 1 amide bonds. The van der Waals surface area contributed by atoms with Crippen molar-refractivity contribution in [2.75, 3.05) is 26.8 Å². The maximum atomic E-state index is 12.9. The Hall–Kier alpha value is -2.99. The predicted octanol–water partition coefficient (Wildman–Crippen LogP) is 4.91. The third-order valence-electron chi connectivity index (χ3n) is 4.58. The number of benzene rings is 2. The second-order valence-corrected chi connectivity index (χ2v) is 6.95. The van der Waals surface area contributed by atoms with Crippen molar-refractivity contribution in [3.8, 4) is 11.5 Å². The SMILES string of the molecule is CCOc1cc(/C=C/C(=O)O[C@@H](C(=O)N(CC)CC)c2ccccc2)cc(Cl)c1OC. The van der Waals surface area contributed by atoms with Crippen LogP contribution in [0.1, 0.15) is 38.0 Å². The molecule has 0 unspecified atom stereocenters. The number of nitrogens with zero attached hydrogens (tertiary/aromatic N) is 1. The second kappa shape index (κ2) is 12.0. The lowest BCUT2D eigenvalue weighted by atomic mass is 10.1. The van der Waals surface area contributed by atoms with Crippen molar-refractivity contribution >= 4 is 29.6 Å². The number of carbonyl (C=O) groups is 2. The van der Waals surface area contributed by atoms with Crippen molar-refractivity contribution < 1.29 is 23.8 Å². The Morgan fingerprint density at radius 3 is 2.35 bits per heavy atom. The molecule has 0 saturated carbocycles. The quantitative estimate of drug-likeness (QED) is 0.384. The standard InChI is InChI=1S/C24H28ClNO5/c1-5-26(6-2)24(28)22(18-11-9-8-10-12-18)31-21(27)14-13-17-15-19(25)23(29-4)20(16-17)30-7-3/h8-16,22H,5-7H2,1-4H3/b14-13+/t22-/m1/s1. The molecule has 0 heterocycles. The van der Waals surface area contributed by atoms with E-state index in [1.54, 1.807) is 47.4 Å². The van der Waals surface area contributed by atoms with Crippen molar-refractivity contribution in [2.45, 2.75) is 26.9 Å². The molecule has 2 aromatic rings. The zero-order chi connectivity index (χ0) is 22.8. The van der Waals surface area contributed by atoms with E-state index in [-0.39, 0.29) is 5.91 Å². The van der Waals surface area contributed by atoms with Gasteiger partial charge < -0.3 is 19.1 Å². The number of amides is 1. The fourth-order valence-corrected chi connectivity index (χ4v) is 3.35. The summed E-state index contributed by atoms with van der Waals surface area (Å²) in [6.07, 6.45) is 1.80. The van der Waals surface area contributed by atoms with Crippen molar-refractivity contribution in [3.63, 3.8) is 0 Å². The van der Waals surface area contributed by atoms with Crippen LogP contribution in [0.4, 0.5) is 0 Å². The average molecular weight is 446 g/mol. The van der Waals surface area contributed by atoms with E-state index < -0.39 is 12.1 Å². The molecule has 0 radical (unpaired) electrons. The van der Waals surface area contributed by atoms with Crippen LogP contribution in [-0.4, -0.2) is 43.6 Å². The van der Waals surface area contributed by atoms with Gasteiger partial charge in [-0.05, 0) is 44.5 Å². The molecule has 2 aromatic carbocycles. The second-order valence-electron chi connectivity index (χ2n) is 6.54. The largest absolute Gasteiger partial charge is 0.491 e. The molecule has 7 heteroatoms. The Kier molecular flexibility index (Phi) is 9.40. The molecule has 2 rings (SSSR count).